The maximum Gasteiger partial charge on any atom is 0.354 e. The van der Waals surface area contributed by atoms with E-state index in [1.807, 2.05) is 66.7 Å². The van der Waals surface area contributed by atoms with Crippen molar-refractivity contribution < 1.29 is 49.5 Å². The molecule has 0 spiro atoms. The van der Waals surface area contributed by atoms with E-state index in [1.54, 1.807) is 72.0 Å². The van der Waals surface area contributed by atoms with Crippen LogP contribution < -0.4 is 0 Å². The second-order valence-corrected chi connectivity index (χ2v) is 18.6. The Bertz CT molecular complexity index is 4010. The number of carbonyl (C=O) groups is 5. The summed E-state index contributed by atoms with van der Waals surface area (Å²) >= 11 is 0. The molecule has 0 bridgehead atoms. The third-order valence-corrected chi connectivity index (χ3v) is 11.9. The number of aliphatic hydroxyl groups excluding tert-OH is 3. The van der Waals surface area contributed by atoms with Gasteiger partial charge in [0.1, 0.15) is 36.9 Å². The van der Waals surface area contributed by atoms with E-state index in [1.165, 1.54) is 48.2 Å². The number of carboxylic acids is 2. The lowest BCUT2D eigenvalue weighted by molar-refractivity contribution is 0.0674. The first-order valence-corrected chi connectivity index (χ1v) is 25.4. The molecule has 0 radical (unpaired) electrons. The van der Waals surface area contributed by atoms with Crippen molar-refractivity contribution in [3.8, 4) is 56.8 Å². The highest BCUT2D eigenvalue weighted by Gasteiger charge is 2.23. The van der Waals surface area contributed by atoms with E-state index in [0.717, 1.165) is 39.9 Å². The predicted molar refractivity (Wildman–Crippen MR) is 302 cm³/mol. The predicted octanol–water partition coefficient (Wildman–Crippen LogP) is 3.47. The van der Waals surface area contributed by atoms with Crippen molar-refractivity contribution in [1.29, 1.82) is 0 Å². The van der Waals surface area contributed by atoms with Gasteiger partial charge in [-0.1, -0.05) is 0 Å². The van der Waals surface area contributed by atoms with E-state index in [9.17, 15) is 24.0 Å². The Balaban J connectivity index is 0.000000170. The number of Topliss-reactive ketones (excluding diaryl/α,β-unsaturated/α-hetero) is 3. The summed E-state index contributed by atoms with van der Waals surface area (Å²) in [6.45, 7) is 11.2. The van der Waals surface area contributed by atoms with E-state index in [4.69, 9.17) is 25.5 Å². The lowest BCUT2D eigenvalue weighted by Crippen LogP contribution is -2.12. The molecule has 30 nitrogen and oxygen atoms in total. The number of aromatic carboxylic acids is 2. The van der Waals surface area contributed by atoms with Gasteiger partial charge in [0.05, 0.1) is 70.2 Å². The Labute approximate surface area is 484 Å². The minimum atomic E-state index is -1.04. The maximum atomic E-state index is 11.7. The van der Waals surface area contributed by atoms with E-state index in [-0.39, 0.29) is 17.2 Å². The van der Waals surface area contributed by atoms with E-state index in [2.05, 4.69) is 75.6 Å². The smallest absolute Gasteiger partial charge is 0.354 e. The normalized spacial score (nSPS) is 10.5. The Hall–Kier alpha value is -10.7. The quantitative estimate of drug-likeness (QED) is 0.103. The molecule has 0 aliphatic heterocycles. The van der Waals surface area contributed by atoms with Crippen LogP contribution in [0.25, 0.3) is 56.8 Å². The van der Waals surface area contributed by atoms with Gasteiger partial charge in [0.25, 0.3) is 0 Å². The van der Waals surface area contributed by atoms with Crippen LogP contribution in [0.5, 0.6) is 0 Å². The topological polar surface area (TPSA) is 404 Å². The summed E-state index contributed by atoms with van der Waals surface area (Å²) in [6, 6.07) is 10.8. The highest BCUT2D eigenvalue weighted by molar-refractivity contribution is 6.02. The van der Waals surface area contributed by atoms with Gasteiger partial charge < -0.3 is 25.5 Å². The van der Waals surface area contributed by atoms with Gasteiger partial charge in [-0.2, -0.15) is 35.7 Å². The summed E-state index contributed by atoms with van der Waals surface area (Å²) in [4.78, 5) is 90.7. The standard InChI is InChI=1S/C12H14N4O2.3C11H12N4O2.C10H10N4O2/c1-7-4-8(2)15-12(14-7)9-5-13-16(3)11(9)10(18)6-17;1-6-4-7(2)14-10(13-6)8-5-12-15(3)9(8)11(16)17;1-7-3-4-12-11(14-7)8-5-13-15(2)10(8)9(17)6-16;1-7-3-4-9(14-13-7)8-5-12-15(2)11(8)10(17)6-16;1-6-3-4-11-9(13-6)7-5-12-14(2)8(7)10(15)16/h4-5,17H,6H2,1-3H3;4-5H,1-3H3,(H,16,17);2*3-5,16H,6H2,1-2H3;3-5H,1-2H3,(H,15,16). The third-order valence-electron chi connectivity index (χ3n) is 11.9. The number of nitrogens with zero attached hydrogens (tertiary/aromatic N) is 20. The molecule has 5 N–H and O–H groups in total. The average molecular weight is 1160 g/mol. The summed E-state index contributed by atoms with van der Waals surface area (Å²) in [6.07, 6.45) is 10.8. The fraction of sp³-hybridized carbons (Fsp3) is 0.273. The van der Waals surface area contributed by atoms with Crippen LogP contribution in [0, 0.1) is 48.5 Å². The molecule has 0 aromatic carbocycles. The van der Waals surface area contributed by atoms with E-state index < -0.39 is 43.3 Å². The van der Waals surface area contributed by atoms with Crippen LogP contribution in [0.15, 0.2) is 79.8 Å². The number of aromatic nitrogens is 20. The van der Waals surface area contributed by atoms with Gasteiger partial charge in [-0.15, -0.1) is 0 Å². The van der Waals surface area contributed by atoms with Crippen molar-refractivity contribution in [2.45, 2.75) is 48.5 Å². The number of aryl methyl sites for hydroxylation is 12. The lowest BCUT2D eigenvalue weighted by Gasteiger charge is -2.04. The molecule has 10 heterocycles. The number of rotatable bonds is 13. The van der Waals surface area contributed by atoms with Crippen molar-refractivity contribution in [1.82, 2.24) is 99.0 Å². The largest absolute Gasteiger partial charge is 0.477 e. The van der Waals surface area contributed by atoms with Gasteiger partial charge in [-0.05, 0) is 84.9 Å². The van der Waals surface area contributed by atoms with Crippen LogP contribution in [0.2, 0.25) is 0 Å². The van der Waals surface area contributed by atoms with Crippen molar-refractivity contribution in [3.05, 3.63) is 148 Å². The molecule has 0 unspecified atom stereocenters. The third kappa shape index (κ3) is 15.6. The van der Waals surface area contributed by atoms with Gasteiger partial charge in [0, 0.05) is 81.8 Å². The van der Waals surface area contributed by atoms with Gasteiger partial charge in [-0.25, -0.2) is 49.5 Å². The summed E-state index contributed by atoms with van der Waals surface area (Å²) in [7, 11) is 8.09. The van der Waals surface area contributed by atoms with Gasteiger partial charge in [0.15, 0.2) is 34.7 Å². The molecule has 10 rings (SSSR count). The minimum absolute atomic E-state index is 0.0885. The number of carboxylic acid groups (broad SMARTS) is 2. The highest BCUT2D eigenvalue weighted by Crippen LogP contribution is 2.25. The maximum absolute atomic E-state index is 11.7. The zero-order chi connectivity index (χ0) is 62.4. The second-order valence-electron chi connectivity index (χ2n) is 18.6. The summed E-state index contributed by atoms with van der Waals surface area (Å²) < 4.78 is 6.87. The zero-order valence-corrected chi connectivity index (χ0v) is 48.3. The average Bonchev–Trinajstić information content (AvgIpc) is 3.44. The Morgan fingerprint density at radius 3 is 0.976 bits per heavy atom. The van der Waals surface area contributed by atoms with Crippen LogP contribution >= 0.6 is 0 Å². The first kappa shape index (κ1) is 63.5. The van der Waals surface area contributed by atoms with E-state index in [0.29, 0.717) is 73.9 Å². The molecule has 0 fully saturated rings. The fourth-order valence-corrected chi connectivity index (χ4v) is 8.15. The van der Waals surface area contributed by atoms with Crippen LogP contribution in [0.4, 0.5) is 0 Å². The van der Waals surface area contributed by atoms with E-state index >= 15 is 0 Å². The molecular formula is C55H60N20O10. The van der Waals surface area contributed by atoms with Gasteiger partial charge in [0.2, 0.25) is 17.3 Å². The Kier molecular flexibility index (Phi) is 21.1. The van der Waals surface area contributed by atoms with Crippen LogP contribution in [0.3, 0.4) is 0 Å². The molecule has 0 saturated heterocycles. The number of ketones is 3. The molecule has 10 aromatic rings. The van der Waals surface area contributed by atoms with Crippen molar-refractivity contribution in [2.75, 3.05) is 19.8 Å². The Morgan fingerprint density at radius 2 is 0.659 bits per heavy atom. The molecule has 0 aliphatic rings. The molecule has 0 aliphatic carbocycles. The second kappa shape index (κ2) is 28.3. The van der Waals surface area contributed by atoms with Gasteiger partial charge >= 0.3 is 11.9 Å². The van der Waals surface area contributed by atoms with Crippen molar-refractivity contribution in [3.63, 3.8) is 0 Å². The lowest BCUT2D eigenvalue weighted by atomic mass is 10.1. The minimum Gasteiger partial charge on any atom is -0.477 e. The van der Waals surface area contributed by atoms with Crippen LogP contribution in [-0.2, 0) is 35.2 Å². The number of hydrogen-bond donors (Lipinski definition) is 5. The van der Waals surface area contributed by atoms with Crippen LogP contribution in [-0.4, -0.2) is 174 Å². The molecule has 30 heteroatoms. The van der Waals surface area contributed by atoms with Gasteiger partial charge in [-0.3, -0.25) is 37.8 Å². The number of aliphatic hydroxyl groups is 3. The molecule has 0 amide bonds. The number of carbonyl (C=O) groups excluding carboxylic acids is 3. The fourth-order valence-electron chi connectivity index (χ4n) is 8.15. The zero-order valence-electron chi connectivity index (χ0n) is 48.3. The SMILES string of the molecule is Cc1cc(C)nc(-c2cnn(C)c2C(=O)CO)n1.Cc1cc(C)nc(-c2cnn(C)c2C(=O)O)n1.Cc1ccc(-c2cnn(C)c2C(=O)CO)nn1.Cc1ccnc(-c2cnn(C)c2C(=O)CO)n1.Cc1ccnc(-c2cnn(C)c2C(=O)O)n1. The summed E-state index contributed by atoms with van der Waals surface area (Å²) in [5.74, 6) is -1.59. The molecule has 10 aromatic heterocycles. The number of hydrogen-bond acceptors (Lipinski definition) is 23. The monoisotopic (exact) mass is 1160 g/mol. The molecule has 440 valence electrons. The summed E-state index contributed by atoms with van der Waals surface area (Å²) in [5.41, 5.74) is 9.89. The summed E-state index contributed by atoms with van der Waals surface area (Å²) in [5, 5.41) is 72.8. The first-order chi connectivity index (χ1) is 40.4. The van der Waals surface area contributed by atoms with Crippen LogP contribution in [0.1, 0.15) is 92.3 Å². The van der Waals surface area contributed by atoms with Crippen molar-refractivity contribution in [2.24, 2.45) is 35.2 Å². The highest BCUT2D eigenvalue weighted by atomic mass is 16.4. The molecular weight excluding hydrogens is 1100 g/mol. The van der Waals surface area contributed by atoms with Crippen molar-refractivity contribution >= 4 is 29.3 Å². The molecule has 85 heavy (non-hydrogen) atoms. The molecule has 0 atom stereocenters. The Morgan fingerprint density at radius 1 is 0.365 bits per heavy atom. The molecule has 0 saturated carbocycles. The first-order valence-electron chi connectivity index (χ1n) is 25.4.